The Labute approximate surface area is 142 Å². The van der Waals surface area contributed by atoms with Gasteiger partial charge >= 0.3 is 5.97 Å². The highest BCUT2D eigenvalue weighted by molar-refractivity contribution is 6.01. The summed E-state index contributed by atoms with van der Waals surface area (Å²) >= 11 is 0. The quantitative estimate of drug-likeness (QED) is 0.865. The Balaban J connectivity index is 2.14. The van der Waals surface area contributed by atoms with E-state index >= 15 is 0 Å². The number of aromatic nitrogens is 2. The van der Waals surface area contributed by atoms with E-state index in [1.807, 2.05) is 0 Å². The van der Waals surface area contributed by atoms with Crippen molar-refractivity contribution in [3.63, 3.8) is 0 Å². The third-order valence-corrected chi connectivity index (χ3v) is 3.68. The number of benzene rings is 1. The van der Waals surface area contributed by atoms with Gasteiger partial charge < -0.3 is 10.1 Å². The maximum absolute atomic E-state index is 14.3. The van der Waals surface area contributed by atoms with Gasteiger partial charge in [0.2, 0.25) is 0 Å². The second-order valence-corrected chi connectivity index (χ2v) is 5.27. The van der Waals surface area contributed by atoms with E-state index in [1.165, 1.54) is 25.6 Å². The van der Waals surface area contributed by atoms with Gasteiger partial charge in [-0.3, -0.25) is 4.99 Å². The number of carbonyl (C=O) groups excluding carboxylic acids is 1. The molecule has 6 nitrogen and oxygen atoms in total. The van der Waals surface area contributed by atoms with Crippen LogP contribution in [0.2, 0.25) is 0 Å². The molecule has 0 fully saturated rings. The van der Waals surface area contributed by atoms with Crippen LogP contribution in [0.25, 0.3) is 0 Å². The first kappa shape index (κ1) is 16.7. The normalized spacial score (nSPS) is 17.0. The number of carbonyl (C=O) groups is 1. The molecule has 0 radical (unpaired) electrons. The monoisotopic (exact) mass is 344 g/mol. The highest BCUT2D eigenvalue weighted by atomic mass is 19.1. The Bertz CT molecular complexity index is 881. The molecule has 0 saturated carbocycles. The lowest BCUT2D eigenvalue weighted by Crippen LogP contribution is -2.33. The van der Waals surface area contributed by atoms with Gasteiger partial charge in [0.15, 0.2) is 11.7 Å². The van der Waals surface area contributed by atoms with E-state index in [-0.39, 0.29) is 17.0 Å². The number of nitrogens with one attached hydrogen (secondary N) is 1. The number of hydrogen-bond acceptors (Lipinski definition) is 6. The fraction of sp³-hybridized carbons (Fsp3) is 0.176. The number of rotatable bonds is 3. The van der Waals surface area contributed by atoms with Crippen molar-refractivity contribution in [3.8, 4) is 0 Å². The standard InChI is InChI=1S/C17H14F2N4O2/c1-9-13(17(24)25-2)14(11-5-4-10(18)8-12(11)19)23-16(22-9)15-20-6-3-7-21-15/h3-8,14H,1-2H3,(H,22,23). The zero-order valence-electron chi connectivity index (χ0n) is 13.5. The fourth-order valence-corrected chi connectivity index (χ4v) is 2.53. The molecule has 0 aliphatic carbocycles. The summed E-state index contributed by atoms with van der Waals surface area (Å²) in [6.45, 7) is 1.64. The first-order chi connectivity index (χ1) is 12.0. The molecule has 0 amide bonds. The van der Waals surface area contributed by atoms with Gasteiger partial charge in [0.05, 0.1) is 12.7 Å². The summed E-state index contributed by atoms with van der Waals surface area (Å²) in [6, 6.07) is 3.75. The molecule has 1 atom stereocenters. The lowest BCUT2D eigenvalue weighted by Gasteiger charge is -2.25. The molecule has 0 bridgehead atoms. The molecule has 1 aliphatic heterocycles. The Morgan fingerprint density at radius 2 is 1.96 bits per heavy atom. The number of allylic oxidation sites excluding steroid dienone is 1. The van der Waals surface area contributed by atoms with E-state index in [0.29, 0.717) is 11.5 Å². The maximum Gasteiger partial charge on any atom is 0.338 e. The zero-order valence-corrected chi connectivity index (χ0v) is 13.5. The largest absolute Gasteiger partial charge is 0.466 e. The predicted molar refractivity (Wildman–Crippen MR) is 85.5 cm³/mol. The van der Waals surface area contributed by atoms with E-state index < -0.39 is 23.6 Å². The molecule has 1 aliphatic rings. The highest BCUT2D eigenvalue weighted by Crippen LogP contribution is 2.33. The fourth-order valence-electron chi connectivity index (χ4n) is 2.53. The summed E-state index contributed by atoms with van der Waals surface area (Å²) in [5, 5.41) is 2.94. The van der Waals surface area contributed by atoms with Crippen LogP contribution < -0.4 is 5.32 Å². The van der Waals surface area contributed by atoms with Crippen molar-refractivity contribution in [1.29, 1.82) is 0 Å². The van der Waals surface area contributed by atoms with E-state index in [9.17, 15) is 13.6 Å². The van der Waals surface area contributed by atoms with E-state index in [4.69, 9.17) is 4.74 Å². The van der Waals surface area contributed by atoms with Crippen LogP contribution in [-0.4, -0.2) is 28.9 Å². The summed E-state index contributed by atoms with van der Waals surface area (Å²) in [5.41, 5.74) is 0.613. The third-order valence-electron chi connectivity index (χ3n) is 3.68. The van der Waals surface area contributed by atoms with Gasteiger partial charge in [0.1, 0.15) is 17.7 Å². The minimum atomic E-state index is -1.01. The molecule has 0 spiro atoms. The molecule has 128 valence electrons. The average molecular weight is 344 g/mol. The SMILES string of the molecule is COC(=O)C1=C(C)NC(c2ncccn2)=NC1c1ccc(F)cc1F. The van der Waals surface area contributed by atoms with Crippen LogP contribution in [0.3, 0.4) is 0 Å². The van der Waals surface area contributed by atoms with Gasteiger partial charge in [-0.2, -0.15) is 0 Å². The molecule has 1 N–H and O–H groups in total. The number of esters is 1. The van der Waals surface area contributed by atoms with Gasteiger partial charge in [-0.05, 0) is 19.1 Å². The molecule has 1 unspecified atom stereocenters. The minimum absolute atomic E-state index is 0.0519. The van der Waals surface area contributed by atoms with Crippen molar-refractivity contribution in [2.75, 3.05) is 7.11 Å². The smallest absolute Gasteiger partial charge is 0.338 e. The lowest BCUT2D eigenvalue weighted by atomic mass is 9.95. The summed E-state index contributed by atoms with van der Waals surface area (Å²) in [6.07, 6.45) is 3.07. The first-order valence-corrected chi connectivity index (χ1v) is 7.37. The summed E-state index contributed by atoms with van der Waals surface area (Å²) in [7, 11) is 1.22. The van der Waals surface area contributed by atoms with Crippen LogP contribution in [0.15, 0.2) is 52.9 Å². The molecule has 0 saturated heterocycles. The number of halogens is 2. The maximum atomic E-state index is 14.3. The molecule has 25 heavy (non-hydrogen) atoms. The third kappa shape index (κ3) is 3.23. The highest BCUT2D eigenvalue weighted by Gasteiger charge is 2.32. The van der Waals surface area contributed by atoms with Crippen LogP contribution >= 0.6 is 0 Å². The van der Waals surface area contributed by atoms with Crippen molar-refractivity contribution in [2.24, 2.45) is 4.99 Å². The van der Waals surface area contributed by atoms with E-state index in [1.54, 1.807) is 13.0 Å². The molecular formula is C17H14F2N4O2. The predicted octanol–water partition coefficient (Wildman–Crippen LogP) is 2.29. The summed E-state index contributed by atoms with van der Waals surface area (Å²) < 4.78 is 32.3. The number of hydrogen-bond donors (Lipinski definition) is 1. The molecule has 2 heterocycles. The van der Waals surface area contributed by atoms with Crippen LogP contribution in [0.4, 0.5) is 8.78 Å². The van der Waals surface area contributed by atoms with Gasteiger partial charge in [0, 0.05) is 29.7 Å². The number of nitrogens with zero attached hydrogens (tertiary/aromatic N) is 3. The van der Waals surface area contributed by atoms with Crippen molar-refractivity contribution in [1.82, 2.24) is 15.3 Å². The Hall–Kier alpha value is -3.16. The van der Waals surface area contributed by atoms with Crippen LogP contribution in [0.1, 0.15) is 24.4 Å². The lowest BCUT2D eigenvalue weighted by molar-refractivity contribution is -0.136. The second-order valence-electron chi connectivity index (χ2n) is 5.27. The van der Waals surface area contributed by atoms with Crippen molar-refractivity contribution >= 4 is 11.8 Å². The zero-order chi connectivity index (χ0) is 18.0. The van der Waals surface area contributed by atoms with Crippen molar-refractivity contribution in [3.05, 3.63) is 71.0 Å². The van der Waals surface area contributed by atoms with Gasteiger partial charge in [0.25, 0.3) is 0 Å². The molecule has 1 aromatic heterocycles. The number of methoxy groups -OCH3 is 1. The van der Waals surface area contributed by atoms with E-state index in [0.717, 1.165) is 12.1 Å². The van der Waals surface area contributed by atoms with Gasteiger partial charge in [-0.25, -0.2) is 23.5 Å². The number of aliphatic imine (C=N–C) groups is 1. The van der Waals surface area contributed by atoms with Crippen LogP contribution in [-0.2, 0) is 9.53 Å². The molecule has 1 aromatic carbocycles. The molecule has 3 rings (SSSR count). The van der Waals surface area contributed by atoms with Crippen LogP contribution in [0.5, 0.6) is 0 Å². The van der Waals surface area contributed by atoms with Gasteiger partial charge in [-0.1, -0.05) is 6.07 Å². The molecule has 8 heteroatoms. The van der Waals surface area contributed by atoms with Crippen molar-refractivity contribution < 1.29 is 18.3 Å². The number of ether oxygens (including phenoxy) is 1. The number of amidine groups is 1. The summed E-state index contributed by atoms with van der Waals surface area (Å²) in [5.74, 6) is -1.61. The Morgan fingerprint density at radius 1 is 1.24 bits per heavy atom. The topological polar surface area (TPSA) is 76.5 Å². The van der Waals surface area contributed by atoms with E-state index in [2.05, 4.69) is 20.3 Å². The molecular weight excluding hydrogens is 330 g/mol. The average Bonchev–Trinajstić information content (AvgIpc) is 2.61. The first-order valence-electron chi connectivity index (χ1n) is 7.37. The van der Waals surface area contributed by atoms with Gasteiger partial charge in [-0.15, -0.1) is 0 Å². The Morgan fingerprint density at radius 3 is 2.60 bits per heavy atom. The second kappa shape index (κ2) is 6.76. The minimum Gasteiger partial charge on any atom is -0.466 e. The summed E-state index contributed by atoms with van der Waals surface area (Å²) in [4.78, 5) is 24.7. The Kier molecular flexibility index (Phi) is 4.51. The molecule has 2 aromatic rings. The van der Waals surface area contributed by atoms with Crippen LogP contribution in [0, 0.1) is 11.6 Å². The van der Waals surface area contributed by atoms with Crippen molar-refractivity contribution in [2.45, 2.75) is 13.0 Å².